The monoisotopic (exact) mass is 849 g/mol. The van der Waals surface area contributed by atoms with Gasteiger partial charge in [0, 0.05) is 33.9 Å². The minimum Gasteiger partial charge on any atom is -0.311 e. The molecule has 0 fully saturated rings. The predicted molar refractivity (Wildman–Crippen MR) is 281 cm³/mol. The van der Waals surface area contributed by atoms with E-state index in [1.807, 2.05) is 0 Å². The van der Waals surface area contributed by atoms with Gasteiger partial charge in [0.25, 0.3) is 6.71 Å². The zero-order chi connectivity index (χ0) is 45.7. The Hall–Kier alpha value is -5.80. The van der Waals surface area contributed by atoms with Crippen LogP contribution < -0.4 is 26.2 Å². The van der Waals surface area contributed by atoms with Crippen molar-refractivity contribution in [3.8, 4) is 22.3 Å². The van der Waals surface area contributed by atoms with Crippen LogP contribution in [0.25, 0.3) is 22.3 Å². The van der Waals surface area contributed by atoms with Crippen LogP contribution in [-0.4, -0.2) is 6.71 Å². The van der Waals surface area contributed by atoms with Gasteiger partial charge in [0.15, 0.2) is 0 Å². The van der Waals surface area contributed by atoms with E-state index < -0.39 is 0 Å². The maximum absolute atomic E-state index is 2.74. The van der Waals surface area contributed by atoms with Crippen LogP contribution in [0.2, 0.25) is 0 Å². The van der Waals surface area contributed by atoms with E-state index in [1.54, 1.807) is 0 Å². The molecular weight excluding hydrogens is 784 g/mol. The fourth-order valence-electron chi connectivity index (χ4n) is 12.2. The lowest BCUT2D eigenvalue weighted by atomic mass is 9.32. The molecule has 4 aliphatic rings. The molecule has 0 unspecified atom stereocenters. The van der Waals surface area contributed by atoms with Gasteiger partial charge in [0.2, 0.25) is 0 Å². The van der Waals surface area contributed by atoms with Crippen LogP contribution in [0.5, 0.6) is 0 Å². The summed E-state index contributed by atoms with van der Waals surface area (Å²) in [4.78, 5) is 5.38. The number of hydrogen-bond donors (Lipinski definition) is 0. The van der Waals surface area contributed by atoms with Crippen LogP contribution in [0, 0.1) is 6.92 Å². The molecule has 326 valence electrons. The first-order chi connectivity index (χ1) is 30.7. The molecule has 2 aliphatic carbocycles. The van der Waals surface area contributed by atoms with Crippen molar-refractivity contribution in [3.63, 3.8) is 0 Å². The number of hydrogen-bond acceptors (Lipinski definition) is 2. The predicted octanol–water partition coefficient (Wildman–Crippen LogP) is 15.0. The summed E-state index contributed by atoms with van der Waals surface area (Å²) in [7, 11) is 0. The normalized spacial score (nSPS) is 17.2. The number of anilines is 6. The molecule has 0 atom stereocenters. The molecule has 2 nitrogen and oxygen atoms in total. The second-order valence-electron chi connectivity index (χ2n) is 23.8. The molecule has 11 rings (SSSR count). The van der Waals surface area contributed by atoms with Gasteiger partial charge in [-0.05, 0) is 161 Å². The number of nitrogens with zero attached hydrogens (tertiary/aromatic N) is 2. The average molecular weight is 849 g/mol. The highest BCUT2D eigenvalue weighted by Gasteiger charge is 2.49. The van der Waals surface area contributed by atoms with Crippen molar-refractivity contribution in [1.29, 1.82) is 0 Å². The van der Waals surface area contributed by atoms with E-state index >= 15 is 0 Å². The Morgan fingerprint density at radius 3 is 1.69 bits per heavy atom. The Morgan fingerprint density at radius 1 is 0.446 bits per heavy atom. The third-order valence-electron chi connectivity index (χ3n) is 16.1. The first kappa shape index (κ1) is 41.9. The van der Waals surface area contributed by atoms with Crippen molar-refractivity contribution in [2.24, 2.45) is 0 Å². The molecule has 2 heterocycles. The lowest BCUT2D eigenvalue weighted by molar-refractivity contribution is 0.332. The van der Waals surface area contributed by atoms with Crippen LogP contribution in [0.1, 0.15) is 135 Å². The van der Waals surface area contributed by atoms with Crippen molar-refractivity contribution >= 4 is 57.2 Å². The Morgan fingerprint density at radius 2 is 1.03 bits per heavy atom. The molecular formula is C62H65BN2. The average Bonchev–Trinajstić information content (AvgIpc) is 3.50. The Balaban J connectivity index is 1.29. The van der Waals surface area contributed by atoms with Crippen molar-refractivity contribution in [1.82, 2.24) is 0 Å². The first-order valence-corrected chi connectivity index (χ1v) is 24.2. The highest BCUT2D eigenvalue weighted by atomic mass is 15.2. The van der Waals surface area contributed by atoms with Crippen molar-refractivity contribution in [2.45, 2.75) is 130 Å². The third kappa shape index (κ3) is 6.20. The van der Waals surface area contributed by atoms with Crippen LogP contribution in [-0.2, 0) is 27.1 Å². The molecule has 0 amide bonds. The summed E-state index contributed by atoms with van der Waals surface area (Å²) < 4.78 is 0. The number of benzene rings is 7. The van der Waals surface area contributed by atoms with Gasteiger partial charge in [-0.2, -0.15) is 0 Å². The fourth-order valence-corrected chi connectivity index (χ4v) is 12.2. The highest BCUT2D eigenvalue weighted by Crippen LogP contribution is 2.57. The molecule has 3 heteroatoms. The van der Waals surface area contributed by atoms with E-state index in [0.29, 0.717) is 0 Å². The number of rotatable bonds is 3. The molecule has 7 aromatic carbocycles. The summed E-state index contributed by atoms with van der Waals surface area (Å²) in [6.07, 6.45) is 2.34. The first-order valence-electron chi connectivity index (χ1n) is 24.2. The van der Waals surface area contributed by atoms with Crippen LogP contribution in [0.3, 0.4) is 0 Å². The summed E-state index contributed by atoms with van der Waals surface area (Å²) in [6.45, 7) is 31.4. The Bertz CT molecular complexity index is 3110. The largest absolute Gasteiger partial charge is 0.311 e. The molecule has 0 saturated carbocycles. The number of fused-ring (bicyclic) bond motifs is 8. The molecule has 2 aliphatic heterocycles. The quantitative estimate of drug-likeness (QED) is 0.163. The van der Waals surface area contributed by atoms with Gasteiger partial charge in [-0.15, -0.1) is 0 Å². The van der Waals surface area contributed by atoms with E-state index in [0.717, 1.165) is 0 Å². The molecule has 0 radical (unpaired) electrons. The smallest absolute Gasteiger partial charge is 0.252 e. The standard InChI is InChI=1S/C62H65BN2/c1-38-32-40(39-20-15-14-16-21-39)26-28-50(38)64-51-29-27-41(58(2,3)4)33-48(51)63-49-36-46-47(61(10,11)31-30-60(46,8)9)37-53(49)65(55-35-42(59(5,6)7)34-54(64)57(55)63)52-25-19-23-44-43-22-17-18-24-45(43)62(12,13)56(44)52/h14-29,32-37H,30-31H2,1-13H3. The Kier molecular flexibility index (Phi) is 8.93. The molecule has 65 heavy (non-hydrogen) atoms. The lowest BCUT2D eigenvalue weighted by Crippen LogP contribution is -2.62. The topological polar surface area (TPSA) is 6.48 Å². The highest BCUT2D eigenvalue weighted by molar-refractivity contribution is 7.00. The van der Waals surface area contributed by atoms with E-state index in [4.69, 9.17) is 0 Å². The van der Waals surface area contributed by atoms with E-state index in [9.17, 15) is 0 Å². The minimum absolute atomic E-state index is 0.0249. The fraction of sp³-hybridized carbons (Fsp3) is 0.323. The summed E-state index contributed by atoms with van der Waals surface area (Å²) in [5, 5.41) is 0. The van der Waals surface area contributed by atoms with E-state index in [-0.39, 0.29) is 33.8 Å². The zero-order valence-corrected chi connectivity index (χ0v) is 41.1. The van der Waals surface area contributed by atoms with Gasteiger partial charge in [0.1, 0.15) is 0 Å². The summed E-state index contributed by atoms with van der Waals surface area (Å²) in [5.41, 5.74) is 26.6. The maximum atomic E-state index is 2.74. The minimum atomic E-state index is -0.200. The van der Waals surface area contributed by atoms with Gasteiger partial charge in [-0.1, -0.05) is 174 Å². The molecule has 0 spiro atoms. The third-order valence-corrected chi connectivity index (χ3v) is 16.1. The van der Waals surface area contributed by atoms with Gasteiger partial charge in [0.05, 0.1) is 5.69 Å². The molecule has 7 aromatic rings. The summed E-state index contributed by atoms with van der Waals surface area (Å²) >= 11 is 0. The summed E-state index contributed by atoms with van der Waals surface area (Å²) in [6, 6.07) is 52.1. The van der Waals surface area contributed by atoms with Gasteiger partial charge >= 0.3 is 0 Å². The molecule has 0 aromatic heterocycles. The lowest BCUT2D eigenvalue weighted by Gasteiger charge is -2.48. The van der Waals surface area contributed by atoms with Crippen molar-refractivity contribution in [2.75, 3.05) is 9.80 Å². The van der Waals surface area contributed by atoms with Crippen molar-refractivity contribution in [3.05, 3.63) is 172 Å². The van der Waals surface area contributed by atoms with Crippen LogP contribution >= 0.6 is 0 Å². The van der Waals surface area contributed by atoms with E-state index in [2.05, 4.69) is 233 Å². The van der Waals surface area contributed by atoms with E-state index in [1.165, 1.54) is 125 Å². The van der Waals surface area contributed by atoms with Gasteiger partial charge in [-0.25, -0.2) is 0 Å². The molecule has 0 bridgehead atoms. The molecule has 0 saturated heterocycles. The van der Waals surface area contributed by atoms with Gasteiger partial charge < -0.3 is 9.80 Å². The SMILES string of the molecule is Cc1cc(-c2ccccc2)ccc1N1c2ccc(C(C)(C)C)cc2B2c3cc4c(cc3N(c3cccc5c3C(C)(C)c3ccccc3-5)c3cc(C(C)(C)C)cc1c32)C(C)(C)CCC4(C)C. The second kappa shape index (κ2) is 13.9. The van der Waals surface area contributed by atoms with Crippen molar-refractivity contribution < 1.29 is 0 Å². The Labute approximate surface area is 389 Å². The zero-order valence-electron chi connectivity index (χ0n) is 41.1. The van der Waals surface area contributed by atoms with Crippen LogP contribution in [0.4, 0.5) is 34.1 Å². The second-order valence-corrected chi connectivity index (χ2v) is 23.8. The van der Waals surface area contributed by atoms with Crippen LogP contribution in [0.15, 0.2) is 133 Å². The number of aryl methyl sites for hydroxylation is 1. The molecule has 0 N–H and O–H groups in total. The maximum Gasteiger partial charge on any atom is 0.252 e. The van der Waals surface area contributed by atoms with Gasteiger partial charge in [-0.3, -0.25) is 0 Å². The summed E-state index contributed by atoms with van der Waals surface area (Å²) in [5.74, 6) is 0.